The molecule has 22 heavy (non-hydrogen) atoms. The van der Waals surface area contributed by atoms with Gasteiger partial charge in [0.2, 0.25) is 5.91 Å². The maximum atomic E-state index is 12.8. The number of nitrogens with one attached hydrogen (secondary N) is 1. The van der Waals surface area contributed by atoms with E-state index >= 15 is 0 Å². The molecule has 0 radical (unpaired) electrons. The summed E-state index contributed by atoms with van der Waals surface area (Å²) in [6.45, 7) is 5.97. The summed E-state index contributed by atoms with van der Waals surface area (Å²) >= 11 is 3.07. The van der Waals surface area contributed by atoms with Crippen LogP contribution in [-0.4, -0.2) is 25.5 Å². The van der Waals surface area contributed by atoms with E-state index < -0.39 is 6.43 Å². The first-order valence-electron chi connectivity index (χ1n) is 6.68. The molecule has 0 aliphatic rings. The zero-order chi connectivity index (χ0) is 16.4. The minimum atomic E-state index is -2.69. The highest BCUT2D eigenvalue weighted by Crippen LogP contribution is 2.29. The van der Waals surface area contributed by atoms with E-state index in [1.54, 1.807) is 17.8 Å². The van der Waals surface area contributed by atoms with E-state index in [1.165, 1.54) is 4.68 Å². The third-order valence-electron chi connectivity index (χ3n) is 3.34. The van der Waals surface area contributed by atoms with Crippen molar-refractivity contribution in [3.05, 3.63) is 27.8 Å². The molecule has 0 aromatic carbocycles. The summed E-state index contributed by atoms with van der Waals surface area (Å²) in [5, 5.41) is 10.6. The van der Waals surface area contributed by atoms with Gasteiger partial charge in [0.15, 0.2) is 0 Å². The second-order valence-corrected chi connectivity index (χ2v) is 5.54. The van der Waals surface area contributed by atoms with Crippen molar-refractivity contribution in [2.45, 2.75) is 40.3 Å². The summed E-state index contributed by atoms with van der Waals surface area (Å²) in [6, 6.07) is 0. The van der Waals surface area contributed by atoms with Crippen LogP contribution in [0.25, 0.3) is 0 Å². The lowest BCUT2D eigenvalue weighted by Gasteiger charge is -2.07. The number of carbonyl (C=O) groups is 1. The standard InChI is InChI=1S/C13H16BrF2N5O/c1-4-20-7(2)9(5-17-20)18-10(22)6-21-8(3)11(14)12(19-21)13(15)16/h5,13H,4,6H2,1-3H3,(H,18,22). The van der Waals surface area contributed by atoms with Crippen LogP contribution < -0.4 is 5.32 Å². The first kappa shape index (κ1) is 16.6. The van der Waals surface area contributed by atoms with Gasteiger partial charge in [0.25, 0.3) is 6.43 Å². The Bertz CT molecular complexity index is 695. The molecular weight excluding hydrogens is 360 g/mol. The van der Waals surface area contributed by atoms with Gasteiger partial charge in [-0.2, -0.15) is 10.2 Å². The van der Waals surface area contributed by atoms with Gasteiger partial charge in [-0.15, -0.1) is 0 Å². The monoisotopic (exact) mass is 375 g/mol. The molecule has 0 aliphatic heterocycles. The fourth-order valence-corrected chi connectivity index (χ4v) is 2.51. The smallest absolute Gasteiger partial charge is 0.283 e. The number of amides is 1. The molecule has 0 bridgehead atoms. The lowest BCUT2D eigenvalue weighted by molar-refractivity contribution is -0.117. The number of aryl methyl sites for hydroxylation is 1. The third-order valence-corrected chi connectivity index (χ3v) is 4.32. The molecule has 1 amide bonds. The summed E-state index contributed by atoms with van der Waals surface area (Å²) in [6.07, 6.45) is -1.13. The highest BCUT2D eigenvalue weighted by atomic mass is 79.9. The number of halogens is 3. The first-order chi connectivity index (χ1) is 10.3. The minimum Gasteiger partial charge on any atom is -0.322 e. The van der Waals surface area contributed by atoms with Crippen LogP contribution in [-0.2, 0) is 17.9 Å². The molecule has 2 heterocycles. The number of aromatic nitrogens is 4. The minimum absolute atomic E-state index is 0.145. The van der Waals surface area contributed by atoms with Gasteiger partial charge in [-0.05, 0) is 36.7 Å². The molecule has 0 fully saturated rings. The lowest BCUT2D eigenvalue weighted by Crippen LogP contribution is -2.20. The van der Waals surface area contributed by atoms with Crippen molar-refractivity contribution in [3.63, 3.8) is 0 Å². The summed E-state index contributed by atoms with van der Waals surface area (Å²) < 4.78 is 28.8. The maximum absolute atomic E-state index is 12.8. The van der Waals surface area contributed by atoms with Crippen LogP contribution in [0.5, 0.6) is 0 Å². The van der Waals surface area contributed by atoms with Crippen molar-refractivity contribution in [1.82, 2.24) is 19.6 Å². The van der Waals surface area contributed by atoms with Gasteiger partial charge in [0.1, 0.15) is 12.2 Å². The Labute approximate surface area is 134 Å². The first-order valence-corrected chi connectivity index (χ1v) is 7.47. The van der Waals surface area contributed by atoms with E-state index in [0.717, 1.165) is 5.69 Å². The molecule has 2 aromatic heterocycles. The number of rotatable bonds is 5. The number of anilines is 1. The van der Waals surface area contributed by atoms with Crippen LogP contribution in [0.1, 0.15) is 30.4 Å². The predicted molar refractivity (Wildman–Crippen MR) is 80.9 cm³/mol. The topological polar surface area (TPSA) is 64.7 Å². The van der Waals surface area contributed by atoms with Crippen molar-refractivity contribution in [2.75, 3.05) is 5.32 Å². The Morgan fingerprint density at radius 2 is 2.05 bits per heavy atom. The van der Waals surface area contributed by atoms with Crippen LogP contribution in [0, 0.1) is 13.8 Å². The molecular formula is C13H16BrF2N5O. The number of nitrogens with zero attached hydrogens (tertiary/aromatic N) is 4. The average molecular weight is 376 g/mol. The quantitative estimate of drug-likeness (QED) is 0.873. The molecule has 6 nitrogen and oxygen atoms in total. The SMILES string of the molecule is CCn1ncc(NC(=O)Cn2nc(C(F)F)c(Br)c2C)c1C. The Morgan fingerprint density at radius 3 is 2.55 bits per heavy atom. The van der Waals surface area contributed by atoms with E-state index in [2.05, 4.69) is 31.4 Å². The zero-order valence-corrected chi connectivity index (χ0v) is 14.0. The molecule has 120 valence electrons. The molecule has 2 rings (SSSR count). The average Bonchev–Trinajstić information content (AvgIpc) is 2.94. The second kappa shape index (κ2) is 6.55. The normalized spacial score (nSPS) is 11.2. The van der Waals surface area contributed by atoms with Gasteiger partial charge in [-0.3, -0.25) is 14.2 Å². The van der Waals surface area contributed by atoms with Crippen LogP contribution >= 0.6 is 15.9 Å². The maximum Gasteiger partial charge on any atom is 0.283 e. The van der Waals surface area contributed by atoms with E-state index in [9.17, 15) is 13.6 Å². The van der Waals surface area contributed by atoms with Crippen LogP contribution in [0.2, 0.25) is 0 Å². The summed E-state index contributed by atoms with van der Waals surface area (Å²) in [5.74, 6) is -0.349. The number of carbonyl (C=O) groups excluding carboxylic acids is 1. The van der Waals surface area contributed by atoms with Gasteiger partial charge in [0.05, 0.1) is 27.7 Å². The molecule has 0 saturated carbocycles. The Hall–Kier alpha value is -1.77. The van der Waals surface area contributed by atoms with Gasteiger partial charge < -0.3 is 5.32 Å². The summed E-state index contributed by atoms with van der Waals surface area (Å²) in [7, 11) is 0. The fraction of sp³-hybridized carbons (Fsp3) is 0.462. The Morgan fingerprint density at radius 1 is 1.36 bits per heavy atom. The van der Waals surface area contributed by atoms with Crippen molar-refractivity contribution < 1.29 is 13.6 Å². The van der Waals surface area contributed by atoms with Crippen molar-refractivity contribution in [1.29, 1.82) is 0 Å². The highest BCUT2D eigenvalue weighted by Gasteiger charge is 2.21. The van der Waals surface area contributed by atoms with E-state index in [0.29, 0.717) is 17.9 Å². The molecule has 0 atom stereocenters. The van der Waals surface area contributed by atoms with Crippen LogP contribution in [0.15, 0.2) is 10.7 Å². The molecule has 9 heteroatoms. The van der Waals surface area contributed by atoms with Gasteiger partial charge in [0, 0.05) is 6.54 Å². The molecule has 2 aromatic rings. The lowest BCUT2D eigenvalue weighted by atomic mass is 10.3. The second-order valence-electron chi connectivity index (χ2n) is 4.75. The largest absolute Gasteiger partial charge is 0.322 e. The molecule has 0 aliphatic carbocycles. The van der Waals surface area contributed by atoms with Crippen LogP contribution in [0.4, 0.5) is 14.5 Å². The van der Waals surface area contributed by atoms with Crippen molar-refractivity contribution >= 4 is 27.5 Å². The zero-order valence-electron chi connectivity index (χ0n) is 12.4. The molecule has 0 saturated heterocycles. The van der Waals surface area contributed by atoms with Crippen LogP contribution in [0.3, 0.4) is 0 Å². The van der Waals surface area contributed by atoms with E-state index in [1.807, 2.05) is 13.8 Å². The van der Waals surface area contributed by atoms with Crippen molar-refractivity contribution in [2.24, 2.45) is 0 Å². The number of hydrogen-bond donors (Lipinski definition) is 1. The van der Waals surface area contributed by atoms with Gasteiger partial charge in [-0.1, -0.05) is 0 Å². The number of alkyl halides is 2. The fourth-order valence-electron chi connectivity index (χ4n) is 2.05. The highest BCUT2D eigenvalue weighted by molar-refractivity contribution is 9.10. The number of hydrogen-bond acceptors (Lipinski definition) is 3. The summed E-state index contributed by atoms with van der Waals surface area (Å²) in [5.41, 5.74) is 1.55. The third kappa shape index (κ3) is 3.18. The molecule has 0 spiro atoms. The van der Waals surface area contributed by atoms with Gasteiger partial charge in [-0.25, -0.2) is 8.78 Å². The van der Waals surface area contributed by atoms with Gasteiger partial charge >= 0.3 is 0 Å². The van der Waals surface area contributed by atoms with Crippen molar-refractivity contribution in [3.8, 4) is 0 Å². The Balaban J connectivity index is 2.12. The van der Waals surface area contributed by atoms with E-state index in [-0.39, 0.29) is 22.6 Å². The summed E-state index contributed by atoms with van der Waals surface area (Å²) in [4.78, 5) is 12.1. The molecule has 1 N–H and O–H groups in total. The Kier molecular flexibility index (Phi) is 4.94. The van der Waals surface area contributed by atoms with E-state index in [4.69, 9.17) is 0 Å². The molecule has 0 unspecified atom stereocenters. The predicted octanol–water partition coefficient (Wildman–Crippen LogP) is 3.06.